The Morgan fingerprint density at radius 1 is 1.47 bits per heavy atom. The first kappa shape index (κ1) is 11.7. The number of benzene rings is 1. The zero-order valence-electron chi connectivity index (χ0n) is 9.28. The van der Waals surface area contributed by atoms with Crippen molar-refractivity contribution in [3.05, 3.63) is 34.9 Å². The average Bonchev–Trinajstić information content (AvgIpc) is 2.21. The molecule has 0 aliphatic carbocycles. The van der Waals surface area contributed by atoms with Crippen molar-refractivity contribution >= 4 is 5.97 Å². The van der Waals surface area contributed by atoms with E-state index in [0.717, 1.165) is 16.7 Å². The van der Waals surface area contributed by atoms with Gasteiger partial charge in [0.15, 0.2) is 0 Å². The highest BCUT2D eigenvalue weighted by molar-refractivity contribution is 5.70. The Hall–Kier alpha value is -1.35. The van der Waals surface area contributed by atoms with Gasteiger partial charge in [0.05, 0.1) is 19.6 Å². The van der Waals surface area contributed by atoms with Gasteiger partial charge in [0.2, 0.25) is 0 Å². The van der Waals surface area contributed by atoms with E-state index < -0.39 is 12.1 Å². The van der Waals surface area contributed by atoms with Crippen LogP contribution in [-0.4, -0.2) is 18.2 Å². The van der Waals surface area contributed by atoms with E-state index in [2.05, 4.69) is 4.74 Å². The van der Waals surface area contributed by atoms with Gasteiger partial charge in [0, 0.05) is 0 Å². The summed E-state index contributed by atoms with van der Waals surface area (Å²) < 4.78 is 4.51. The zero-order valence-corrected chi connectivity index (χ0v) is 9.28. The van der Waals surface area contributed by atoms with Crippen LogP contribution in [0.3, 0.4) is 0 Å². The standard InChI is InChI=1S/C12H16O3/c1-8-4-5-9(2)10(6-8)11(13)7-12(14)15-3/h4-6,11,13H,7H2,1-3H3. The third-order valence-electron chi connectivity index (χ3n) is 2.38. The van der Waals surface area contributed by atoms with Crippen LogP contribution in [0.15, 0.2) is 18.2 Å². The summed E-state index contributed by atoms with van der Waals surface area (Å²) in [4.78, 5) is 11.0. The summed E-state index contributed by atoms with van der Waals surface area (Å²) in [5.41, 5.74) is 2.84. The normalized spacial score (nSPS) is 12.3. The van der Waals surface area contributed by atoms with Crippen molar-refractivity contribution in [3.63, 3.8) is 0 Å². The van der Waals surface area contributed by atoms with E-state index in [1.54, 1.807) is 0 Å². The first-order valence-electron chi connectivity index (χ1n) is 4.86. The maximum absolute atomic E-state index is 11.0. The van der Waals surface area contributed by atoms with Crippen LogP contribution in [0.4, 0.5) is 0 Å². The molecule has 1 unspecified atom stereocenters. The fourth-order valence-electron chi connectivity index (χ4n) is 1.47. The summed E-state index contributed by atoms with van der Waals surface area (Å²) in [5, 5.41) is 9.83. The first-order valence-corrected chi connectivity index (χ1v) is 4.86. The van der Waals surface area contributed by atoms with Crippen molar-refractivity contribution in [2.45, 2.75) is 26.4 Å². The van der Waals surface area contributed by atoms with E-state index in [-0.39, 0.29) is 6.42 Å². The van der Waals surface area contributed by atoms with E-state index in [1.165, 1.54) is 7.11 Å². The van der Waals surface area contributed by atoms with Crippen LogP contribution in [0.1, 0.15) is 29.2 Å². The highest BCUT2D eigenvalue weighted by Gasteiger charge is 2.15. The number of hydrogen-bond donors (Lipinski definition) is 1. The molecule has 0 saturated heterocycles. The molecule has 1 rings (SSSR count). The fourth-order valence-corrected chi connectivity index (χ4v) is 1.47. The number of rotatable bonds is 3. The predicted octanol–water partition coefficient (Wildman–Crippen LogP) is 1.90. The van der Waals surface area contributed by atoms with Gasteiger partial charge in [-0.2, -0.15) is 0 Å². The molecule has 0 bridgehead atoms. The van der Waals surface area contributed by atoms with Gasteiger partial charge in [-0.3, -0.25) is 4.79 Å². The Kier molecular flexibility index (Phi) is 3.86. The number of carbonyl (C=O) groups is 1. The Balaban J connectivity index is 2.85. The summed E-state index contributed by atoms with van der Waals surface area (Å²) in [6.07, 6.45) is -0.779. The maximum atomic E-state index is 11.0. The Morgan fingerprint density at radius 2 is 2.13 bits per heavy atom. The number of aryl methyl sites for hydroxylation is 2. The third kappa shape index (κ3) is 3.06. The first-order chi connectivity index (χ1) is 7.04. The van der Waals surface area contributed by atoms with Crippen LogP contribution >= 0.6 is 0 Å². The number of aliphatic hydroxyl groups excluding tert-OH is 1. The van der Waals surface area contributed by atoms with Gasteiger partial charge in [-0.05, 0) is 25.0 Å². The van der Waals surface area contributed by atoms with Gasteiger partial charge in [-0.25, -0.2) is 0 Å². The van der Waals surface area contributed by atoms with Crippen molar-refractivity contribution in [1.82, 2.24) is 0 Å². The monoisotopic (exact) mass is 208 g/mol. The second-order valence-electron chi connectivity index (χ2n) is 3.66. The Bertz CT molecular complexity index is 358. The maximum Gasteiger partial charge on any atom is 0.308 e. The van der Waals surface area contributed by atoms with Crippen molar-refractivity contribution < 1.29 is 14.6 Å². The quantitative estimate of drug-likeness (QED) is 0.772. The molecular weight excluding hydrogens is 192 g/mol. The van der Waals surface area contributed by atoms with Crippen LogP contribution in [0.5, 0.6) is 0 Å². The molecule has 82 valence electrons. The highest BCUT2D eigenvalue weighted by atomic mass is 16.5. The van der Waals surface area contributed by atoms with E-state index in [0.29, 0.717) is 0 Å². The van der Waals surface area contributed by atoms with Crippen molar-refractivity contribution in [2.24, 2.45) is 0 Å². The number of hydrogen-bond acceptors (Lipinski definition) is 3. The molecule has 0 aromatic heterocycles. The van der Waals surface area contributed by atoms with Crippen LogP contribution in [-0.2, 0) is 9.53 Å². The minimum Gasteiger partial charge on any atom is -0.469 e. The van der Waals surface area contributed by atoms with Crippen molar-refractivity contribution in [1.29, 1.82) is 0 Å². The van der Waals surface area contributed by atoms with Crippen molar-refractivity contribution in [2.75, 3.05) is 7.11 Å². The van der Waals surface area contributed by atoms with Gasteiger partial charge in [-0.1, -0.05) is 23.8 Å². The average molecular weight is 208 g/mol. The Labute approximate surface area is 89.7 Å². The van der Waals surface area contributed by atoms with Crippen molar-refractivity contribution in [3.8, 4) is 0 Å². The zero-order chi connectivity index (χ0) is 11.4. The number of aliphatic hydroxyl groups is 1. The van der Waals surface area contributed by atoms with Gasteiger partial charge in [-0.15, -0.1) is 0 Å². The third-order valence-corrected chi connectivity index (χ3v) is 2.38. The van der Waals surface area contributed by atoms with Gasteiger partial charge in [0.1, 0.15) is 0 Å². The number of ether oxygens (including phenoxy) is 1. The second kappa shape index (κ2) is 4.94. The van der Waals surface area contributed by atoms with Crippen LogP contribution < -0.4 is 0 Å². The van der Waals surface area contributed by atoms with E-state index in [1.807, 2.05) is 32.0 Å². The van der Waals surface area contributed by atoms with Gasteiger partial charge in [0.25, 0.3) is 0 Å². The van der Waals surface area contributed by atoms with Crippen LogP contribution in [0, 0.1) is 13.8 Å². The van der Waals surface area contributed by atoms with Crippen LogP contribution in [0.25, 0.3) is 0 Å². The smallest absolute Gasteiger partial charge is 0.308 e. The van der Waals surface area contributed by atoms with E-state index >= 15 is 0 Å². The molecule has 0 amide bonds. The number of methoxy groups -OCH3 is 1. The summed E-state index contributed by atoms with van der Waals surface area (Å²) >= 11 is 0. The lowest BCUT2D eigenvalue weighted by Gasteiger charge is -2.13. The topological polar surface area (TPSA) is 46.5 Å². The second-order valence-corrected chi connectivity index (χ2v) is 3.66. The van der Waals surface area contributed by atoms with Gasteiger partial charge < -0.3 is 9.84 Å². The molecule has 1 N–H and O–H groups in total. The molecule has 0 spiro atoms. The molecule has 0 aliphatic rings. The number of carbonyl (C=O) groups excluding carboxylic acids is 1. The molecule has 0 aliphatic heterocycles. The summed E-state index contributed by atoms with van der Waals surface area (Å²) in [5.74, 6) is -0.400. The minimum absolute atomic E-state index is 0.000787. The Morgan fingerprint density at radius 3 is 2.73 bits per heavy atom. The predicted molar refractivity (Wildman–Crippen MR) is 57.5 cm³/mol. The van der Waals surface area contributed by atoms with Gasteiger partial charge >= 0.3 is 5.97 Å². The minimum atomic E-state index is -0.780. The summed E-state index contributed by atoms with van der Waals surface area (Å²) in [7, 11) is 1.32. The molecular formula is C12H16O3. The molecule has 3 heteroatoms. The molecule has 1 aromatic rings. The fraction of sp³-hybridized carbons (Fsp3) is 0.417. The summed E-state index contributed by atoms with van der Waals surface area (Å²) in [6, 6.07) is 5.80. The lowest BCUT2D eigenvalue weighted by molar-refractivity contribution is -0.142. The lowest BCUT2D eigenvalue weighted by atomic mass is 9.99. The highest BCUT2D eigenvalue weighted by Crippen LogP contribution is 2.22. The molecule has 0 heterocycles. The number of esters is 1. The molecule has 1 aromatic carbocycles. The molecule has 1 atom stereocenters. The molecule has 0 radical (unpaired) electrons. The molecule has 0 fully saturated rings. The largest absolute Gasteiger partial charge is 0.469 e. The van der Waals surface area contributed by atoms with Crippen LogP contribution in [0.2, 0.25) is 0 Å². The lowest BCUT2D eigenvalue weighted by Crippen LogP contribution is -2.09. The molecule has 15 heavy (non-hydrogen) atoms. The molecule has 3 nitrogen and oxygen atoms in total. The van der Waals surface area contributed by atoms with E-state index in [9.17, 15) is 9.90 Å². The van der Waals surface area contributed by atoms with E-state index in [4.69, 9.17) is 0 Å². The molecule has 0 saturated carbocycles. The summed E-state index contributed by atoms with van der Waals surface area (Å²) in [6.45, 7) is 3.86. The SMILES string of the molecule is COC(=O)CC(O)c1cc(C)ccc1C.